The fourth-order valence-electron chi connectivity index (χ4n) is 1.08. The molecule has 0 aromatic carbocycles. The van der Waals surface area contributed by atoms with Crippen LogP contribution in [0.4, 0.5) is 0 Å². The Balaban J connectivity index is 2.52. The molecule has 6 nitrogen and oxygen atoms in total. The van der Waals surface area contributed by atoms with Gasteiger partial charge in [0.2, 0.25) is 5.91 Å². The van der Waals surface area contributed by atoms with Gasteiger partial charge in [0.1, 0.15) is 5.03 Å². The third-order valence-corrected chi connectivity index (χ3v) is 2.83. The van der Waals surface area contributed by atoms with Crippen molar-refractivity contribution in [2.75, 3.05) is 19.4 Å². The highest BCUT2D eigenvalue weighted by Crippen LogP contribution is 2.14. The molecule has 1 aromatic rings. The van der Waals surface area contributed by atoms with E-state index in [1.54, 1.807) is 0 Å². The first kappa shape index (κ1) is 14.4. The van der Waals surface area contributed by atoms with Gasteiger partial charge in [0.25, 0.3) is 0 Å². The maximum Gasteiger partial charge on any atom is 0.358 e. The van der Waals surface area contributed by atoms with Gasteiger partial charge in [-0.2, -0.15) is 0 Å². The van der Waals surface area contributed by atoms with Crippen molar-refractivity contribution < 1.29 is 14.3 Å². The predicted molar refractivity (Wildman–Crippen MR) is 67.4 cm³/mol. The molecule has 7 heteroatoms. The van der Waals surface area contributed by atoms with Gasteiger partial charge in [0.05, 0.1) is 25.3 Å². The second kappa shape index (κ2) is 7.65. The number of nitrogens with one attached hydrogen (secondary N) is 1. The number of carbonyl (C=O) groups is 2. The zero-order chi connectivity index (χ0) is 13.4. The number of nitrogens with zero attached hydrogens (tertiary/aromatic N) is 2. The summed E-state index contributed by atoms with van der Waals surface area (Å²) >= 11 is 1.23. The Bertz CT molecular complexity index is 426. The van der Waals surface area contributed by atoms with E-state index < -0.39 is 5.97 Å². The topological polar surface area (TPSA) is 81.2 Å². The van der Waals surface area contributed by atoms with Gasteiger partial charge < -0.3 is 10.1 Å². The Hall–Kier alpha value is -1.63. The number of rotatable bonds is 6. The van der Waals surface area contributed by atoms with E-state index in [1.807, 2.05) is 6.92 Å². The van der Waals surface area contributed by atoms with Crippen LogP contribution in [0, 0.1) is 0 Å². The molecule has 0 spiro atoms. The zero-order valence-corrected chi connectivity index (χ0v) is 11.1. The fraction of sp³-hybridized carbons (Fsp3) is 0.455. The molecule has 0 radical (unpaired) electrons. The maximum absolute atomic E-state index is 11.4. The summed E-state index contributed by atoms with van der Waals surface area (Å²) in [5, 5.41) is 3.27. The van der Waals surface area contributed by atoms with Crippen LogP contribution in [0.2, 0.25) is 0 Å². The summed E-state index contributed by atoms with van der Waals surface area (Å²) < 4.78 is 4.54. The molecule has 0 atom stereocenters. The quantitative estimate of drug-likeness (QED) is 0.610. The van der Waals surface area contributed by atoms with Crippen LogP contribution in [0.15, 0.2) is 17.4 Å². The summed E-state index contributed by atoms with van der Waals surface area (Å²) in [6, 6.07) is 0. The van der Waals surface area contributed by atoms with Crippen molar-refractivity contribution in [3.63, 3.8) is 0 Å². The van der Waals surface area contributed by atoms with E-state index in [4.69, 9.17) is 0 Å². The smallest absolute Gasteiger partial charge is 0.358 e. The third kappa shape index (κ3) is 4.70. The van der Waals surface area contributed by atoms with Crippen LogP contribution in [0.5, 0.6) is 0 Å². The molecule has 1 amide bonds. The van der Waals surface area contributed by atoms with E-state index in [0.717, 1.165) is 6.42 Å². The molecule has 0 unspecified atom stereocenters. The number of carbonyl (C=O) groups excluding carboxylic acids is 2. The maximum atomic E-state index is 11.4. The van der Waals surface area contributed by atoms with E-state index in [0.29, 0.717) is 11.6 Å². The van der Waals surface area contributed by atoms with Crippen molar-refractivity contribution in [1.29, 1.82) is 0 Å². The summed E-state index contributed by atoms with van der Waals surface area (Å²) in [4.78, 5) is 30.5. The molecule has 1 N–H and O–H groups in total. The largest absolute Gasteiger partial charge is 0.464 e. The molecule has 0 saturated carbocycles. The van der Waals surface area contributed by atoms with Crippen LogP contribution in [0.3, 0.4) is 0 Å². The third-order valence-electron chi connectivity index (χ3n) is 1.93. The van der Waals surface area contributed by atoms with Crippen molar-refractivity contribution in [2.45, 2.75) is 18.4 Å². The van der Waals surface area contributed by atoms with Crippen molar-refractivity contribution in [3.05, 3.63) is 18.1 Å². The van der Waals surface area contributed by atoms with E-state index in [1.165, 1.54) is 31.3 Å². The minimum atomic E-state index is -0.541. The number of esters is 1. The van der Waals surface area contributed by atoms with Crippen molar-refractivity contribution >= 4 is 23.6 Å². The number of thioether (sulfide) groups is 1. The lowest BCUT2D eigenvalue weighted by molar-refractivity contribution is -0.118. The first-order chi connectivity index (χ1) is 8.67. The number of amides is 1. The minimum absolute atomic E-state index is 0.0629. The van der Waals surface area contributed by atoms with Gasteiger partial charge in [0.15, 0.2) is 5.69 Å². The summed E-state index contributed by atoms with van der Waals surface area (Å²) in [7, 11) is 1.28. The van der Waals surface area contributed by atoms with Crippen LogP contribution in [-0.2, 0) is 9.53 Å². The standard InChI is InChI=1S/C11H15N3O3S/c1-3-4-13-9(15)7-18-10-6-12-5-8(14-10)11(16)17-2/h5-6H,3-4,7H2,1-2H3,(H,13,15). The van der Waals surface area contributed by atoms with Gasteiger partial charge in [-0.15, -0.1) is 0 Å². The zero-order valence-electron chi connectivity index (χ0n) is 10.3. The lowest BCUT2D eigenvalue weighted by Crippen LogP contribution is -2.25. The Morgan fingerprint density at radius 2 is 2.22 bits per heavy atom. The first-order valence-electron chi connectivity index (χ1n) is 5.47. The Kier molecular flexibility index (Phi) is 6.13. The summed E-state index contributed by atoms with van der Waals surface area (Å²) in [5.74, 6) is -0.355. The molecule has 1 heterocycles. The van der Waals surface area contributed by atoms with E-state index in [2.05, 4.69) is 20.0 Å². The van der Waals surface area contributed by atoms with Crippen LogP contribution in [-0.4, -0.2) is 41.3 Å². The molecule has 0 aliphatic rings. The SMILES string of the molecule is CCCNC(=O)CSc1cncc(C(=O)OC)n1. The second-order valence-corrected chi connectivity index (χ2v) is 4.37. The molecule has 0 fully saturated rings. The number of methoxy groups -OCH3 is 1. The first-order valence-corrected chi connectivity index (χ1v) is 6.45. The highest BCUT2D eigenvalue weighted by Gasteiger charge is 2.09. The molecule has 0 aliphatic carbocycles. The molecule has 0 aliphatic heterocycles. The van der Waals surface area contributed by atoms with Gasteiger partial charge in [-0.05, 0) is 6.42 Å². The molecule has 98 valence electrons. The van der Waals surface area contributed by atoms with Gasteiger partial charge in [0, 0.05) is 6.54 Å². The summed E-state index contributed by atoms with van der Waals surface area (Å²) in [6.07, 6.45) is 3.73. The Morgan fingerprint density at radius 1 is 1.44 bits per heavy atom. The minimum Gasteiger partial charge on any atom is -0.464 e. The average molecular weight is 269 g/mol. The van der Waals surface area contributed by atoms with Gasteiger partial charge in [-0.25, -0.2) is 9.78 Å². The number of aromatic nitrogens is 2. The number of ether oxygens (including phenoxy) is 1. The van der Waals surface area contributed by atoms with E-state index in [9.17, 15) is 9.59 Å². The van der Waals surface area contributed by atoms with E-state index in [-0.39, 0.29) is 17.4 Å². The lowest BCUT2D eigenvalue weighted by Gasteiger charge is -2.03. The molecular weight excluding hydrogens is 254 g/mol. The van der Waals surface area contributed by atoms with Crippen LogP contribution < -0.4 is 5.32 Å². The Labute approximate surface area is 110 Å². The number of hydrogen-bond donors (Lipinski definition) is 1. The highest BCUT2D eigenvalue weighted by atomic mass is 32.2. The molecule has 0 saturated heterocycles. The second-order valence-electron chi connectivity index (χ2n) is 3.37. The summed E-state index contributed by atoms with van der Waals surface area (Å²) in [5.41, 5.74) is 0.136. The van der Waals surface area contributed by atoms with Crippen molar-refractivity contribution in [3.8, 4) is 0 Å². The molecule has 0 bridgehead atoms. The Morgan fingerprint density at radius 3 is 2.89 bits per heavy atom. The molecule has 1 rings (SSSR count). The van der Waals surface area contributed by atoms with Crippen LogP contribution >= 0.6 is 11.8 Å². The fourth-order valence-corrected chi connectivity index (χ4v) is 1.75. The van der Waals surface area contributed by atoms with Crippen LogP contribution in [0.1, 0.15) is 23.8 Å². The van der Waals surface area contributed by atoms with Gasteiger partial charge in [-0.3, -0.25) is 9.78 Å². The average Bonchev–Trinajstić information content (AvgIpc) is 2.42. The summed E-state index contributed by atoms with van der Waals surface area (Å²) in [6.45, 7) is 2.64. The highest BCUT2D eigenvalue weighted by molar-refractivity contribution is 7.99. The van der Waals surface area contributed by atoms with Crippen molar-refractivity contribution in [2.24, 2.45) is 0 Å². The van der Waals surface area contributed by atoms with E-state index >= 15 is 0 Å². The van der Waals surface area contributed by atoms with Crippen molar-refractivity contribution in [1.82, 2.24) is 15.3 Å². The molecular formula is C11H15N3O3S. The monoisotopic (exact) mass is 269 g/mol. The normalized spacial score (nSPS) is 9.89. The van der Waals surface area contributed by atoms with Gasteiger partial charge >= 0.3 is 5.97 Å². The predicted octanol–water partition coefficient (Wildman–Crippen LogP) is 0.881. The van der Waals surface area contributed by atoms with Gasteiger partial charge in [-0.1, -0.05) is 18.7 Å². The molecule has 1 aromatic heterocycles. The lowest BCUT2D eigenvalue weighted by atomic mass is 10.5. The number of hydrogen-bond acceptors (Lipinski definition) is 6. The molecule has 18 heavy (non-hydrogen) atoms. The van der Waals surface area contributed by atoms with Crippen LogP contribution in [0.25, 0.3) is 0 Å².